The van der Waals surface area contributed by atoms with E-state index in [9.17, 15) is 9.59 Å². The van der Waals surface area contributed by atoms with Crippen molar-refractivity contribution in [3.05, 3.63) is 29.3 Å². The van der Waals surface area contributed by atoms with Gasteiger partial charge in [-0.25, -0.2) is 4.79 Å². The molecule has 0 bridgehead atoms. The fraction of sp³-hybridized carbons (Fsp3) is 0.385. The van der Waals surface area contributed by atoms with E-state index in [2.05, 4.69) is 0 Å². The highest BCUT2D eigenvalue weighted by Crippen LogP contribution is 2.16. The highest BCUT2D eigenvalue weighted by Gasteiger charge is 2.11. The smallest absolute Gasteiger partial charge is 0.338 e. The molecule has 0 unspecified atom stereocenters. The van der Waals surface area contributed by atoms with Crippen LogP contribution in [0.3, 0.4) is 0 Å². The lowest BCUT2D eigenvalue weighted by atomic mass is 10.1. The second kappa shape index (κ2) is 6.64. The Kier molecular flexibility index (Phi) is 5.17. The molecule has 0 aromatic heterocycles. The van der Waals surface area contributed by atoms with Crippen LogP contribution in [0.2, 0.25) is 0 Å². The summed E-state index contributed by atoms with van der Waals surface area (Å²) >= 11 is 0. The minimum atomic E-state index is -0.390. The summed E-state index contributed by atoms with van der Waals surface area (Å²) in [4.78, 5) is 22.2. The van der Waals surface area contributed by atoms with Crippen LogP contribution < -0.4 is 11.5 Å². The van der Waals surface area contributed by atoms with Crippen LogP contribution in [0.15, 0.2) is 18.2 Å². The maximum absolute atomic E-state index is 11.7. The molecule has 1 aromatic rings. The molecular weight excluding hydrogens is 232 g/mol. The molecule has 5 nitrogen and oxygen atoms in total. The molecule has 0 spiro atoms. The fourth-order valence-electron chi connectivity index (χ4n) is 1.52. The molecule has 0 saturated carbocycles. The van der Waals surface area contributed by atoms with Gasteiger partial charge in [0.1, 0.15) is 0 Å². The molecule has 0 aliphatic carbocycles. The number of hydrogen-bond acceptors (Lipinski definition) is 4. The summed E-state index contributed by atoms with van der Waals surface area (Å²) in [7, 11) is 0. The zero-order valence-electron chi connectivity index (χ0n) is 10.4. The average molecular weight is 250 g/mol. The number of anilines is 1. The molecule has 98 valence electrons. The van der Waals surface area contributed by atoms with Gasteiger partial charge in [-0.3, -0.25) is 4.79 Å². The van der Waals surface area contributed by atoms with E-state index < -0.39 is 0 Å². The van der Waals surface area contributed by atoms with E-state index in [0.29, 0.717) is 30.5 Å². The van der Waals surface area contributed by atoms with Gasteiger partial charge in [-0.1, -0.05) is 6.07 Å². The first kappa shape index (κ1) is 14.0. The molecule has 1 aromatic carbocycles. The van der Waals surface area contributed by atoms with E-state index >= 15 is 0 Å². The zero-order chi connectivity index (χ0) is 13.5. The molecule has 0 aliphatic heterocycles. The lowest BCUT2D eigenvalue weighted by Gasteiger charge is -2.08. The Morgan fingerprint density at radius 2 is 2.00 bits per heavy atom. The first-order chi connectivity index (χ1) is 8.52. The number of esters is 1. The van der Waals surface area contributed by atoms with Crippen LogP contribution >= 0.6 is 0 Å². The summed E-state index contributed by atoms with van der Waals surface area (Å²) in [5.74, 6) is -0.730. The van der Waals surface area contributed by atoms with Crippen molar-refractivity contribution in [1.82, 2.24) is 0 Å². The van der Waals surface area contributed by atoms with Gasteiger partial charge in [0.25, 0.3) is 0 Å². The number of unbranched alkanes of at least 4 members (excludes halogenated alkanes) is 1. The monoisotopic (exact) mass is 250 g/mol. The number of hydrogen-bond donors (Lipinski definition) is 2. The third-order valence-electron chi connectivity index (χ3n) is 2.65. The van der Waals surface area contributed by atoms with Gasteiger partial charge in [-0.15, -0.1) is 0 Å². The maximum atomic E-state index is 11.7. The number of carbonyl (C=O) groups excluding carboxylic acids is 2. The van der Waals surface area contributed by atoms with E-state index in [4.69, 9.17) is 16.2 Å². The lowest BCUT2D eigenvalue weighted by molar-refractivity contribution is -0.118. The highest BCUT2D eigenvalue weighted by atomic mass is 16.5. The van der Waals surface area contributed by atoms with Crippen molar-refractivity contribution in [2.24, 2.45) is 5.73 Å². The van der Waals surface area contributed by atoms with Crippen LogP contribution in [0.4, 0.5) is 5.69 Å². The van der Waals surface area contributed by atoms with Crippen molar-refractivity contribution < 1.29 is 14.3 Å². The summed E-state index contributed by atoms with van der Waals surface area (Å²) in [6, 6.07) is 5.13. The maximum Gasteiger partial charge on any atom is 0.338 e. The van der Waals surface area contributed by atoms with Gasteiger partial charge in [-0.2, -0.15) is 0 Å². The number of nitrogens with two attached hydrogens (primary N) is 2. The van der Waals surface area contributed by atoms with E-state index in [1.807, 2.05) is 0 Å². The number of rotatable bonds is 6. The Hall–Kier alpha value is -2.04. The van der Waals surface area contributed by atoms with E-state index in [1.54, 1.807) is 25.1 Å². The van der Waals surface area contributed by atoms with Gasteiger partial charge in [-0.05, 0) is 37.5 Å². The topological polar surface area (TPSA) is 95.4 Å². The normalized spacial score (nSPS) is 10.1. The molecule has 18 heavy (non-hydrogen) atoms. The summed E-state index contributed by atoms with van der Waals surface area (Å²) < 4.78 is 5.10. The molecule has 4 N–H and O–H groups in total. The predicted octanol–water partition coefficient (Wildman–Crippen LogP) is 1.39. The van der Waals surface area contributed by atoms with Crippen molar-refractivity contribution >= 4 is 17.6 Å². The molecule has 0 aliphatic rings. The minimum absolute atomic E-state index is 0.278. The third-order valence-corrected chi connectivity index (χ3v) is 2.65. The number of ether oxygens (including phenoxy) is 1. The van der Waals surface area contributed by atoms with Gasteiger partial charge in [0.2, 0.25) is 5.91 Å². The Bertz CT molecular complexity index is 444. The molecular formula is C13H18N2O3. The third kappa shape index (κ3) is 4.08. The number of amides is 1. The van der Waals surface area contributed by atoms with Crippen LogP contribution in [0.25, 0.3) is 0 Å². The number of benzene rings is 1. The van der Waals surface area contributed by atoms with Gasteiger partial charge in [0, 0.05) is 12.1 Å². The van der Waals surface area contributed by atoms with Gasteiger partial charge in [0.15, 0.2) is 0 Å². The largest absolute Gasteiger partial charge is 0.462 e. The van der Waals surface area contributed by atoms with Crippen LogP contribution in [-0.2, 0) is 9.53 Å². The summed E-state index contributed by atoms with van der Waals surface area (Å²) in [5.41, 5.74) is 12.5. The SMILES string of the molecule is Cc1c(N)cccc1C(=O)OCCCCC(N)=O. The van der Waals surface area contributed by atoms with E-state index in [1.165, 1.54) is 0 Å². The average Bonchev–Trinajstić information content (AvgIpc) is 2.31. The fourth-order valence-corrected chi connectivity index (χ4v) is 1.52. The lowest BCUT2D eigenvalue weighted by Crippen LogP contribution is -2.12. The Morgan fingerprint density at radius 3 is 2.67 bits per heavy atom. The highest BCUT2D eigenvalue weighted by molar-refractivity contribution is 5.92. The van der Waals surface area contributed by atoms with Crippen molar-refractivity contribution in [2.45, 2.75) is 26.2 Å². The van der Waals surface area contributed by atoms with Crippen molar-refractivity contribution in [1.29, 1.82) is 0 Å². The van der Waals surface area contributed by atoms with Crippen LogP contribution in [0.1, 0.15) is 35.2 Å². The molecule has 1 amide bonds. The quantitative estimate of drug-likeness (QED) is 0.453. The van der Waals surface area contributed by atoms with Gasteiger partial charge in [0.05, 0.1) is 12.2 Å². The molecule has 1 rings (SSSR count). The van der Waals surface area contributed by atoms with Gasteiger partial charge < -0.3 is 16.2 Å². The molecule has 0 atom stereocenters. The second-order valence-corrected chi connectivity index (χ2v) is 4.08. The van der Waals surface area contributed by atoms with E-state index in [0.717, 1.165) is 5.56 Å². The summed E-state index contributed by atoms with van der Waals surface area (Å²) in [6.45, 7) is 2.05. The number of nitrogen functional groups attached to an aromatic ring is 1. The Morgan fingerprint density at radius 1 is 1.28 bits per heavy atom. The molecule has 5 heteroatoms. The standard InChI is InChI=1S/C13H18N2O3/c1-9-10(5-4-6-11(9)14)13(17)18-8-3-2-7-12(15)16/h4-6H,2-3,7-8,14H2,1H3,(H2,15,16). The number of primary amides is 1. The van der Waals surface area contributed by atoms with Gasteiger partial charge >= 0.3 is 5.97 Å². The zero-order valence-corrected chi connectivity index (χ0v) is 10.4. The number of carbonyl (C=O) groups is 2. The van der Waals surface area contributed by atoms with Crippen molar-refractivity contribution in [3.8, 4) is 0 Å². The Balaban J connectivity index is 2.41. The van der Waals surface area contributed by atoms with Crippen molar-refractivity contribution in [3.63, 3.8) is 0 Å². The van der Waals surface area contributed by atoms with Crippen molar-refractivity contribution in [2.75, 3.05) is 12.3 Å². The van der Waals surface area contributed by atoms with Crippen LogP contribution in [-0.4, -0.2) is 18.5 Å². The summed E-state index contributed by atoms with van der Waals surface area (Å²) in [5, 5.41) is 0. The molecule has 0 saturated heterocycles. The first-order valence-electron chi connectivity index (χ1n) is 5.83. The van der Waals surface area contributed by atoms with E-state index in [-0.39, 0.29) is 18.5 Å². The Labute approximate surface area is 106 Å². The minimum Gasteiger partial charge on any atom is -0.462 e. The molecule has 0 radical (unpaired) electrons. The molecule has 0 fully saturated rings. The molecule has 0 heterocycles. The summed E-state index contributed by atoms with van der Waals surface area (Å²) in [6.07, 6.45) is 1.56. The van der Waals surface area contributed by atoms with Crippen LogP contribution in [0.5, 0.6) is 0 Å². The predicted molar refractivity (Wildman–Crippen MR) is 68.9 cm³/mol. The second-order valence-electron chi connectivity index (χ2n) is 4.08. The van der Waals surface area contributed by atoms with Crippen LogP contribution in [0, 0.1) is 6.92 Å². The first-order valence-corrected chi connectivity index (χ1v) is 5.83.